The van der Waals surface area contributed by atoms with E-state index in [4.69, 9.17) is 0 Å². The van der Waals surface area contributed by atoms with Gasteiger partial charge in [-0.1, -0.05) is 59.4 Å². The summed E-state index contributed by atoms with van der Waals surface area (Å²) in [5, 5.41) is 0. The van der Waals surface area contributed by atoms with Crippen LogP contribution in [0.25, 0.3) is 10.2 Å². The van der Waals surface area contributed by atoms with Crippen LogP contribution in [0.5, 0.6) is 0 Å². The molecule has 0 aliphatic rings. The van der Waals surface area contributed by atoms with Crippen LogP contribution >= 0.6 is 11.3 Å². The van der Waals surface area contributed by atoms with Crippen molar-refractivity contribution in [2.24, 2.45) is 4.99 Å². The van der Waals surface area contributed by atoms with Gasteiger partial charge in [-0.3, -0.25) is 4.79 Å². The molecule has 0 bridgehead atoms. The molecule has 23 heavy (non-hydrogen) atoms. The minimum absolute atomic E-state index is 0.125. The van der Waals surface area contributed by atoms with Crippen molar-refractivity contribution in [2.45, 2.75) is 19.9 Å². The van der Waals surface area contributed by atoms with Crippen molar-refractivity contribution < 1.29 is 4.79 Å². The number of hydrogen-bond donors (Lipinski definition) is 0. The van der Waals surface area contributed by atoms with E-state index in [2.05, 4.69) is 11.6 Å². The third-order valence-corrected chi connectivity index (χ3v) is 4.62. The zero-order chi connectivity index (χ0) is 16.2. The maximum absolute atomic E-state index is 12.3. The number of rotatable bonds is 4. The molecule has 0 saturated heterocycles. The van der Waals surface area contributed by atoms with E-state index in [0.717, 1.165) is 26.1 Å². The number of hydrogen-bond acceptors (Lipinski definition) is 2. The van der Waals surface area contributed by atoms with Gasteiger partial charge in [-0.15, -0.1) is 6.58 Å². The molecule has 3 aromatic rings. The van der Waals surface area contributed by atoms with Crippen LogP contribution in [0.1, 0.15) is 11.1 Å². The molecule has 1 heterocycles. The lowest BCUT2D eigenvalue weighted by atomic mass is 10.1. The number of fused-ring (bicyclic) bond motifs is 1. The quantitative estimate of drug-likeness (QED) is 0.672. The van der Waals surface area contributed by atoms with Gasteiger partial charge in [-0.25, -0.2) is 0 Å². The number of thiazole rings is 1. The van der Waals surface area contributed by atoms with Gasteiger partial charge in [0.15, 0.2) is 4.80 Å². The van der Waals surface area contributed by atoms with Gasteiger partial charge in [0, 0.05) is 6.54 Å². The first-order valence-corrected chi connectivity index (χ1v) is 8.31. The van der Waals surface area contributed by atoms with Crippen molar-refractivity contribution in [1.29, 1.82) is 0 Å². The van der Waals surface area contributed by atoms with Crippen molar-refractivity contribution in [3.63, 3.8) is 0 Å². The zero-order valence-corrected chi connectivity index (χ0v) is 13.8. The highest BCUT2D eigenvalue weighted by Crippen LogP contribution is 2.16. The van der Waals surface area contributed by atoms with E-state index in [1.165, 1.54) is 11.3 Å². The van der Waals surface area contributed by atoms with Crippen molar-refractivity contribution in [3.8, 4) is 0 Å². The standard InChI is InChI=1S/C19H18N2OS/c1-3-11-21-16-9-4-5-10-17(16)23-19(21)20-18(22)13-15-8-6-7-14(2)12-15/h3-10,12H,1,11,13H2,2H3. The Morgan fingerprint density at radius 2 is 2.09 bits per heavy atom. The number of carbonyl (C=O) groups is 1. The first-order chi connectivity index (χ1) is 11.2. The predicted molar refractivity (Wildman–Crippen MR) is 95.5 cm³/mol. The molecule has 0 saturated carbocycles. The SMILES string of the molecule is C=CCn1c(=NC(=O)Cc2cccc(C)c2)sc2ccccc21. The summed E-state index contributed by atoms with van der Waals surface area (Å²) >= 11 is 1.53. The van der Waals surface area contributed by atoms with Crippen LogP contribution in [0.3, 0.4) is 0 Å². The molecule has 2 aromatic carbocycles. The maximum Gasteiger partial charge on any atom is 0.252 e. The van der Waals surface area contributed by atoms with E-state index in [0.29, 0.717) is 13.0 Å². The highest BCUT2D eigenvalue weighted by Gasteiger charge is 2.07. The molecular weight excluding hydrogens is 304 g/mol. The summed E-state index contributed by atoms with van der Waals surface area (Å²) in [6.45, 7) is 6.46. The van der Waals surface area contributed by atoms with Crippen LogP contribution in [0.4, 0.5) is 0 Å². The Labute approximate surface area is 139 Å². The van der Waals surface area contributed by atoms with Crippen molar-refractivity contribution in [1.82, 2.24) is 4.57 Å². The molecular formula is C19H18N2OS. The Morgan fingerprint density at radius 3 is 2.87 bits per heavy atom. The summed E-state index contributed by atoms with van der Waals surface area (Å²) in [7, 11) is 0. The van der Waals surface area contributed by atoms with Crippen molar-refractivity contribution in [2.75, 3.05) is 0 Å². The van der Waals surface area contributed by atoms with Crippen LogP contribution in [0.15, 0.2) is 66.2 Å². The Kier molecular flexibility index (Phi) is 4.53. The van der Waals surface area contributed by atoms with E-state index in [1.807, 2.05) is 66.1 Å². The van der Waals surface area contributed by atoms with Gasteiger partial charge in [0.2, 0.25) is 0 Å². The fourth-order valence-corrected chi connectivity index (χ4v) is 3.61. The summed E-state index contributed by atoms with van der Waals surface area (Å²) in [6, 6.07) is 16.1. The molecule has 1 amide bonds. The number of carbonyl (C=O) groups excluding carboxylic acids is 1. The number of aromatic nitrogens is 1. The Balaban J connectivity index is 1.98. The molecule has 0 radical (unpaired) electrons. The molecule has 1 aromatic heterocycles. The largest absolute Gasteiger partial charge is 0.313 e. The normalized spacial score (nSPS) is 11.8. The molecule has 0 aliphatic heterocycles. The number of allylic oxidation sites excluding steroid dienone is 1. The highest BCUT2D eigenvalue weighted by atomic mass is 32.1. The van der Waals surface area contributed by atoms with Crippen LogP contribution in [-0.4, -0.2) is 10.5 Å². The lowest BCUT2D eigenvalue weighted by molar-refractivity contribution is -0.117. The van der Waals surface area contributed by atoms with Crippen LogP contribution in [0, 0.1) is 6.92 Å². The van der Waals surface area contributed by atoms with E-state index < -0.39 is 0 Å². The minimum Gasteiger partial charge on any atom is -0.313 e. The Hall–Kier alpha value is -2.46. The van der Waals surface area contributed by atoms with Crippen molar-refractivity contribution in [3.05, 3.63) is 77.1 Å². The van der Waals surface area contributed by atoms with Gasteiger partial charge >= 0.3 is 0 Å². The smallest absolute Gasteiger partial charge is 0.252 e. The number of nitrogens with zero attached hydrogens (tertiary/aromatic N) is 2. The fraction of sp³-hybridized carbons (Fsp3) is 0.158. The molecule has 116 valence electrons. The van der Waals surface area contributed by atoms with E-state index in [1.54, 1.807) is 0 Å². The second-order valence-corrected chi connectivity index (χ2v) is 6.43. The molecule has 0 aliphatic carbocycles. The topological polar surface area (TPSA) is 34.4 Å². The van der Waals surface area contributed by atoms with Gasteiger partial charge in [-0.2, -0.15) is 4.99 Å². The predicted octanol–water partition coefficient (Wildman–Crippen LogP) is 3.87. The molecule has 0 unspecified atom stereocenters. The first kappa shape index (κ1) is 15.4. The average molecular weight is 322 g/mol. The molecule has 0 N–H and O–H groups in total. The first-order valence-electron chi connectivity index (χ1n) is 7.50. The monoisotopic (exact) mass is 322 g/mol. The molecule has 3 rings (SSSR count). The second kappa shape index (κ2) is 6.75. The summed E-state index contributed by atoms with van der Waals surface area (Å²) in [6.07, 6.45) is 2.15. The molecule has 0 fully saturated rings. The van der Waals surface area contributed by atoms with Gasteiger partial charge in [0.25, 0.3) is 5.91 Å². The third kappa shape index (κ3) is 3.48. The number of amides is 1. The number of aryl methyl sites for hydroxylation is 1. The average Bonchev–Trinajstić information content (AvgIpc) is 2.85. The lowest BCUT2D eigenvalue weighted by Gasteiger charge is -2.01. The van der Waals surface area contributed by atoms with Crippen molar-refractivity contribution >= 4 is 27.5 Å². The molecule has 0 atom stereocenters. The number of benzene rings is 2. The molecule has 3 nitrogen and oxygen atoms in total. The van der Waals surface area contributed by atoms with Gasteiger partial charge < -0.3 is 4.57 Å². The minimum atomic E-state index is -0.125. The summed E-state index contributed by atoms with van der Waals surface area (Å²) in [4.78, 5) is 17.4. The second-order valence-electron chi connectivity index (χ2n) is 5.42. The fourth-order valence-electron chi connectivity index (χ4n) is 2.55. The molecule has 4 heteroatoms. The van der Waals surface area contributed by atoms with E-state index >= 15 is 0 Å². The zero-order valence-electron chi connectivity index (χ0n) is 13.0. The Bertz CT molecular complexity index is 934. The lowest BCUT2D eigenvalue weighted by Crippen LogP contribution is -2.16. The van der Waals surface area contributed by atoms with Gasteiger partial charge in [-0.05, 0) is 24.6 Å². The van der Waals surface area contributed by atoms with E-state index in [9.17, 15) is 4.79 Å². The van der Waals surface area contributed by atoms with Crippen LogP contribution in [-0.2, 0) is 17.8 Å². The third-order valence-electron chi connectivity index (χ3n) is 3.56. The molecule has 0 spiro atoms. The number of para-hydroxylation sites is 1. The summed E-state index contributed by atoms with van der Waals surface area (Å²) in [5.41, 5.74) is 3.23. The van der Waals surface area contributed by atoms with Crippen LogP contribution in [0.2, 0.25) is 0 Å². The Morgan fingerprint density at radius 1 is 1.26 bits per heavy atom. The van der Waals surface area contributed by atoms with Crippen LogP contribution < -0.4 is 4.80 Å². The highest BCUT2D eigenvalue weighted by molar-refractivity contribution is 7.16. The summed E-state index contributed by atoms with van der Waals surface area (Å²) in [5.74, 6) is -0.125. The maximum atomic E-state index is 12.3. The van der Waals surface area contributed by atoms with Gasteiger partial charge in [0.05, 0.1) is 16.6 Å². The summed E-state index contributed by atoms with van der Waals surface area (Å²) < 4.78 is 3.15. The van der Waals surface area contributed by atoms with E-state index in [-0.39, 0.29) is 5.91 Å². The van der Waals surface area contributed by atoms with Gasteiger partial charge in [0.1, 0.15) is 0 Å².